The third-order valence-corrected chi connectivity index (χ3v) is 13.5. The molecule has 0 bridgehead atoms. The van der Waals surface area contributed by atoms with Crippen molar-refractivity contribution in [2.75, 3.05) is 0 Å². The summed E-state index contributed by atoms with van der Waals surface area (Å²) >= 11 is 3.62. The van der Waals surface area contributed by atoms with Crippen LogP contribution >= 0.6 is 15.9 Å². The minimum absolute atomic E-state index is 0.0542. The molecule has 4 aliphatic carbocycles. The van der Waals surface area contributed by atoms with Crippen molar-refractivity contribution < 1.29 is 29.6 Å². The van der Waals surface area contributed by atoms with Crippen molar-refractivity contribution >= 4 is 27.9 Å². The molecule has 0 spiro atoms. The fourth-order valence-corrected chi connectivity index (χ4v) is 10.6. The first-order chi connectivity index (χ1) is 17.6. The third kappa shape index (κ3) is 4.60. The van der Waals surface area contributed by atoms with Crippen molar-refractivity contribution in [2.24, 2.45) is 51.8 Å². The van der Waals surface area contributed by atoms with E-state index in [2.05, 4.69) is 43.6 Å². The second kappa shape index (κ2) is 10.5. The van der Waals surface area contributed by atoms with E-state index in [1.54, 1.807) is 0 Å². The summed E-state index contributed by atoms with van der Waals surface area (Å²) in [6, 6.07) is 0. The van der Waals surface area contributed by atoms with Crippen LogP contribution in [0.5, 0.6) is 0 Å². The minimum Gasteiger partial charge on any atom is -0.481 e. The molecule has 38 heavy (non-hydrogen) atoms. The first kappa shape index (κ1) is 30.0. The van der Waals surface area contributed by atoms with Crippen LogP contribution in [0.25, 0.3) is 0 Å². The fourth-order valence-electron chi connectivity index (χ4n) is 10.3. The van der Waals surface area contributed by atoms with E-state index in [9.17, 15) is 24.9 Å². The molecule has 4 fully saturated rings. The smallest absolute Gasteiger partial charge is 0.306 e. The molecule has 0 aromatic carbocycles. The van der Waals surface area contributed by atoms with Crippen LogP contribution in [0.3, 0.4) is 0 Å². The number of fused-ring (bicyclic) bond motifs is 5. The molecular formula is C31H49BrO6. The predicted molar refractivity (Wildman–Crippen MR) is 150 cm³/mol. The van der Waals surface area contributed by atoms with Crippen LogP contribution < -0.4 is 0 Å². The molecule has 0 amide bonds. The van der Waals surface area contributed by atoms with Gasteiger partial charge in [0.25, 0.3) is 0 Å². The molecule has 0 aromatic rings. The Hall–Kier alpha value is -0.920. The van der Waals surface area contributed by atoms with Gasteiger partial charge in [-0.15, -0.1) is 0 Å². The molecule has 3 unspecified atom stereocenters. The number of carboxylic acid groups (broad SMARTS) is 1. The van der Waals surface area contributed by atoms with Gasteiger partial charge in [0.05, 0.1) is 18.1 Å². The second-order valence-corrected chi connectivity index (χ2v) is 15.1. The Labute approximate surface area is 237 Å². The van der Waals surface area contributed by atoms with Gasteiger partial charge < -0.3 is 20.1 Å². The number of carboxylic acids is 1. The highest BCUT2D eigenvalue weighted by atomic mass is 79.9. The topological polar surface area (TPSA) is 104 Å². The summed E-state index contributed by atoms with van der Waals surface area (Å²) in [6.07, 6.45) is 4.51. The Bertz CT molecular complexity index is 975. The maximum Gasteiger partial charge on any atom is 0.306 e. The van der Waals surface area contributed by atoms with E-state index in [-0.39, 0.29) is 52.0 Å². The molecule has 7 heteroatoms. The highest BCUT2D eigenvalue weighted by Gasteiger charge is 2.72. The number of rotatable bonds is 6. The molecule has 0 saturated heterocycles. The number of hydrogen-bond donors (Lipinski definition) is 3. The van der Waals surface area contributed by atoms with E-state index < -0.39 is 24.1 Å². The summed E-state index contributed by atoms with van der Waals surface area (Å²) in [6.45, 7) is 14.6. The maximum atomic E-state index is 12.8. The van der Waals surface area contributed by atoms with Crippen LogP contribution in [-0.4, -0.2) is 45.6 Å². The molecule has 216 valence electrons. The lowest BCUT2D eigenvalue weighted by molar-refractivity contribution is -0.240. The summed E-state index contributed by atoms with van der Waals surface area (Å²) in [4.78, 5) is 25.0. The maximum absolute atomic E-state index is 12.8. The van der Waals surface area contributed by atoms with E-state index >= 15 is 0 Å². The Morgan fingerprint density at radius 3 is 2.24 bits per heavy atom. The molecule has 6 nitrogen and oxygen atoms in total. The summed E-state index contributed by atoms with van der Waals surface area (Å²) in [5, 5.41) is 33.1. The van der Waals surface area contributed by atoms with Gasteiger partial charge in [-0.2, -0.15) is 0 Å². The van der Waals surface area contributed by atoms with Crippen LogP contribution in [-0.2, 0) is 14.3 Å². The van der Waals surface area contributed by atoms with E-state index in [4.69, 9.17) is 4.74 Å². The van der Waals surface area contributed by atoms with Crippen molar-refractivity contribution in [3.8, 4) is 0 Å². The Morgan fingerprint density at radius 1 is 1.00 bits per heavy atom. The SMILES string of the molecule is CC(=O)O[C@H]1C[C@@]2(C)[C@@H](C[C@@H](O)C3[C@]2(C)CC[C@H]2[C@H](C)[C@H](O)CC[C@]32C)C1C(CCC(Br)=C(C)C)C(=O)O. The zero-order valence-corrected chi connectivity index (χ0v) is 25.9. The van der Waals surface area contributed by atoms with Crippen molar-refractivity contribution in [2.45, 2.75) is 118 Å². The number of carbonyl (C=O) groups is 2. The average molecular weight is 598 g/mol. The van der Waals surface area contributed by atoms with Crippen LogP contribution in [0.15, 0.2) is 10.1 Å². The zero-order chi connectivity index (χ0) is 28.4. The molecule has 0 heterocycles. The molecule has 3 N–H and O–H groups in total. The number of aliphatic carboxylic acids is 1. The number of hydrogen-bond acceptors (Lipinski definition) is 5. The molecule has 0 aromatic heterocycles. The Balaban J connectivity index is 1.76. The van der Waals surface area contributed by atoms with Gasteiger partial charge in [0, 0.05) is 12.8 Å². The largest absolute Gasteiger partial charge is 0.481 e. The zero-order valence-electron chi connectivity index (χ0n) is 24.3. The quantitative estimate of drug-likeness (QED) is 0.310. The minimum atomic E-state index is -0.849. The highest BCUT2D eigenvalue weighted by molar-refractivity contribution is 9.11. The first-order valence-electron chi connectivity index (χ1n) is 14.7. The lowest BCUT2D eigenvalue weighted by atomic mass is 9.36. The van der Waals surface area contributed by atoms with Gasteiger partial charge in [0.15, 0.2) is 0 Å². The van der Waals surface area contributed by atoms with Gasteiger partial charge in [0.1, 0.15) is 6.10 Å². The normalized spacial score (nSPS) is 46.8. The number of carbonyl (C=O) groups excluding carboxylic acids is 1. The van der Waals surface area contributed by atoms with Crippen molar-refractivity contribution in [1.29, 1.82) is 0 Å². The number of esters is 1. The van der Waals surface area contributed by atoms with E-state index in [0.717, 1.165) is 35.7 Å². The average Bonchev–Trinajstić information content (AvgIpc) is 3.08. The van der Waals surface area contributed by atoms with E-state index in [0.29, 0.717) is 31.6 Å². The number of aliphatic hydroxyl groups is 2. The lowest BCUT2D eigenvalue weighted by Crippen LogP contribution is -2.66. The van der Waals surface area contributed by atoms with E-state index in [1.807, 2.05) is 13.8 Å². The summed E-state index contributed by atoms with van der Waals surface area (Å²) in [5.41, 5.74) is 0.548. The lowest BCUT2D eigenvalue weighted by Gasteiger charge is -2.69. The van der Waals surface area contributed by atoms with Crippen LogP contribution in [0.1, 0.15) is 99.8 Å². The molecule has 4 aliphatic rings. The predicted octanol–water partition coefficient (Wildman–Crippen LogP) is 6.32. The van der Waals surface area contributed by atoms with Crippen LogP contribution in [0, 0.1) is 51.8 Å². The number of halogens is 1. The summed E-state index contributed by atoms with van der Waals surface area (Å²) in [5.74, 6) is -1.67. The standard InChI is InChI=1S/C31H49BrO6/c1-16(2)22(32)9-8-19(28(36)37)26-21-14-24(35)27-29(5)12-11-23(34)17(3)20(29)10-13-30(27,6)31(21,7)15-25(26)38-18(4)33/h17,19-21,23-27,34-35H,8-15H2,1-7H3,(H,36,37)/t17-,19?,20-,21-,23+,24+,25-,26?,27?,29-,30-,31-/m0/s1. The van der Waals surface area contributed by atoms with E-state index in [1.165, 1.54) is 6.92 Å². The monoisotopic (exact) mass is 596 g/mol. The van der Waals surface area contributed by atoms with Gasteiger partial charge in [-0.25, -0.2) is 0 Å². The molecule has 0 radical (unpaired) electrons. The molecular weight excluding hydrogens is 548 g/mol. The number of ether oxygens (including phenoxy) is 1. The highest BCUT2D eigenvalue weighted by Crippen LogP contribution is 2.74. The Kier molecular flexibility index (Phi) is 8.29. The summed E-state index contributed by atoms with van der Waals surface area (Å²) < 4.78 is 6.97. The molecule has 4 rings (SSSR count). The second-order valence-electron chi connectivity index (χ2n) is 14.2. The van der Waals surface area contributed by atoms with Crippen LogP contribution in [0.4, 0.5) is 0 Å². The molecule has 4 saturated carbocycles. The molecule has 12 atom stereocenters. The Morgan fingerprint density at radius 2 is 1.66 bits per heavy atom. The van der Waals surface area contributed by atoms with Crippen molar-refractivity contribution in [3.63, 3.8) is 0 Å². The van der Waals surface area contributed by atoms with Gasteiger partial charge in [0.2, 0.25) is 0 Å². The fraction of sp³-hybridized carbons (Fsp3) is 0.871. The number of aliphatic hydroxyl groups excluding tert-OH is 2. The van der Waals surface area contributed by atoms with Gasteiger partial charge in [-0.1, -0.05) is 49.2 Å². The van der Waals surface area contributed by atoms with Crippen molar-refractivity contribution in [1.82, 2.24) is 0 Å². The van der Waals surface area contributed by atoms with Gasteiger partial charge >= 0.3 is 11.9 Å². The van der Waals surface area contributed by atoms with Gasteiger partial charge in [-0.05, 0) is 110 Å². The van der Waals surface area contributed by atoms with Gasteiger partial charge in [-0.3, -0.25) is 9.59 Å². The first-order valence-corrected chi connectivity index (χ1v) is 15.5. The van der Waals surface area contributed by atoms with Crippen molar-refractivity contribution in [3.05, 3.63) is 10.1 Å². The third-order valence-electron chi connectivity index (χ3n) is 12.3. The number of allylic oxidation sites excluding steroid dienone is 2. The molecule has 0 aliphatic heterocycles. The van der Waals surface area contributed by atoms with Crippen LogP contribution in [0.2, 0.25) is 0 Å². The summed E-state index contributed by atoms with van der Waals surface area (Å²) in [7, 11) is 0.